The van der Waals surface area contributed by atoms with Gasteiger partial charge in [0, 0.05) is 4.90 Å². The van der Waals surface area contributed by atoms with Gasteiger partial charge in [-0.1, -0.05) is 42.5 Å². The lowest BCUT2D eigenvalue weighted by Crippen LogP contribution is -2.46. The SMILES string of the molecule is CSc1ccccc1NC(=O)CN(C)C(C)C(=O)NC(C)c1ccccc1. The molecule has 0 radical (unpaired) electrons. The summed E-state index contributed by atoms with van der Waals surface area (Å²) in [4.78, 5) is 27.6. The van der Waals surface area contributed by atoms with Crippen molar-refractivity contribution in [1.29, 1.82) is 0 Å². The maximum Gasteiger partial charge on any atom is 0.238 e. The predicted molar refractivity (Wildman–Crippen MR) is 112 cm³/mol. The van der Waals surface area contributed by atoms with E-state index < -0.39 is 6.04 Å². The summed E-state index contributed by atoms with van der Waals surface area (Å²) in [6.07, 6.45) is 1.97. The zero-order valence-corrected chi connectivity index (χ0v) is 17.0. The number of likely N-dealkylation sites (N-methyl/N-ethyl adjacent to an activating group) is 1. The van der Waals surface area contributed by atoms with Gasteiger partial charge < -0.3 is 10.6 Å². The number of anilines is 1. The molecule has 0 aliphatic rings. The molecule has 0 heterocycles. The fourth-order valence-corrected chi connectivity index (χ4v) is 3.21. The number of nitrogens with one attached hydrogen (secondary N) is 2. The summed E-state index contributed by atoms with van der Waals surface area (Å²) < 4.78 is 0. The van der Waals surface area contributed by atoms with Gasteiger partial charge in [0.15, 0.2) is 0 Å². The maximum atomic E-state index is 12.5. The van der Waals surface area contributed by atoms with Crippen LogP contribution in [0.4, 0.5) is 5.69 Å². The first-order valence-electron chi connectivity index (χ1n) is 8.90. The zero-order chi connectivity index (χ0) is 19.8. The molecule has 0 bridgehead atoms. The minimum absolute atomic E-state index is 0.0863. The van der Waals surface area contributed by atoms with Crippen molar-refractivity contribution in [3.05, 3.63) is 60.2 Å². The Bertz CT molecular complexity index is 767. The quantitative estimate of drug-likeness (QED) is 0.682. The smallest absolute Gasteiger partial charge is 0.238 e. The van der Waals surface area contributed by atoms with Gasteiger partial charge in [-0.3, -0.25) is 14.5 Å². The van der Waals surface area contributed by atoms with Crippen molar-refractivity contribution in [3.8, 4) is 0 Å². The van der Waals surface area contributed by atoms with Crippen LogP contribution < -0.4 is 10.6 Å². The Hall–Kier alpha value is -2.31. The van der Waals surface area contributed by atoms with E-state index in [0.29, 0.717) is 0 Å². The molecule has 27 heavy (non-hydrogen) atoms. The standard InChI is InChI=1S/C21H27N3O2S/c1-15(17-10-6-5-7-11-17)22-21(26)16(2)24(3)14-20(25)23-18-12-8-9-13-19(18)27-4/h5-13,15-16H,14H2,1-4H3,(H,22,26)(H,23,25). The van der Waals surface area contributed by atoms with Gasteiger partial charge in [0.05, 0.1) is 24.3 Å². The highest BCUT2D eigenvalue weighted by atomic mass is 32.2. The molecular weight excluding hydrogens is 358 g/mol. The molecule has 2 aromatic rings. The molecule has 2 amide bonds. The van der Waals surface area contributed by atoms with E-state index in [9.17, 15) is 9.59 Å². The lowest BCUT2D eigenvalue weighted by atomic mass is 10.1. The average molecular weight is 386 g/mol. The summed E-state index contributed by atoms with van der Waals surface area (Å²) in [5.74, 6) is -0.249. The number of carbonyl (C=O) groups excluding carboxylic acids is 2. The van der Waals surface area contributed by atoms with Gasteiger partial charge in [-0.2, -0.15) is 0 Å². The van der Waals surface area contributed by atoms with Crippen LogP contribution in [-0.2, 0) is 9.59 Å². The van der Waals surface area contributed by atoms with E-state index in [-0.39, 0.29) is 24.4 Å². The Morgan fingerprint density at radius 2 is 1.67 bits per heavy atom. The molecule has 2 unspecified atom stereocenters. The van der Waals surface area contributed by atoms with Crippen LogP contribution in [0, 0.1) is 0 Å². The molecule has 0 aliphatic heterocycles. The second-order valence-electron chi connectivity index (χ2n) is 6.48. The van der Waals surface area contributed by atoms with Gasteiger partial charge in [0.25, 0.3) is 0 Å². The fourth-order valence-electron chi connectivity index (χ4n) is 2.66. The molecular formula is C21H27N3O2S. The van der Waals surface area contributed by atoms with E-state index in [1.807, 2.05) is 67.8 Å². The Labute approximate surface area is 165 Å². The third-order valence-electron chi connectivity index (χ3n) is 4.47. The van der Waals surface area contributed by atoms with Crippen LogP contribution in [0.15, 0.2) is 59.5 Å². The largest absolute Gasteiger partial charge is 0.348 e. The van der Waals surface area contributed by atoms with Gasteiger partial charge in [-0.25, -0.2) is 0 Å². The van der Waals surface area contributed by atoms with Crippen LogP contribution in [0.1, 0.15) is 25.5 Å². The summed E-state index contributed by atoms with van der Waals surface area (Å²) in [6.45, 7) is 3.89. The van der Waals surface area contributed by atoms with Crippen molar-refractivity contribution in [2.75, 3.05) is 25.2 Å². The summed E-state index contributed by atoms with van der Waals surface area (Å²) in [6, 6.07) is 17.0. The molecule has 144 valence electrons. The van der Waals surface area contributed by atoms with Gasteiger partial charge in [-0.05, 0) is 44.8 Å². The Morgan fingerprint density at radius 3 is 2.33 bits per heavy atom. The summed E-state index contributed by atoms with van der Waals surface area (Å²) >= 11 is 1.58. The highest BCUT2D eigenvalue weighted by molar-refractivity contribution is 7.98. The molecule has 2 atom stereocenters. The fraction of sp³-hybridized carbons (Fsp3) is 0.333. The van der Waals surface area contributed by atoms with Gasteiger partial charge in [0.1, 0.15) is 0 Å². The van der Waals surface area contributed by atoms with Crippen LogP contribution in [0.25, 0.3) is 0 Å². The molecule has 0 fully saturated rings. The predicted octanol–water partition coefficient (Wildman–Crippen LogP) is 3.54. The molecule has 0 saturated carbocycles. The Morgan fingerprint density at radius 1 is 1.04 bits per heavy atom. The summed E-state index contributed by atoms with van der Waals surface area (Å²) in [5, 5.41) is 5.92. The lowest BCUT2D eigenvalue weighted by Gasteiger charge is -2.25. The molecule has 2 aromatic carbocycles. The zero-order valence-electron chi connectivity index (χ0n) is 16.2. The molecule has 0 aromatic heterocycles. The van der Waals surface area contributed by atoms with E-state index >= 15 is 0 Å². The van der Waals surface area contributed by atoms with Crippen molar-refractivity contribution in [2.45, 2.75) is 30.8 Å². The third kappa shape index (κ3) is 6.12. The van der Waals surface area contributed by atoms with Crippen LogP contribution in [0.5, 0.6) is 0 Å². The highest BCUT2D eigenvalue weighted by Crippen LogP contribution is 2.24. The average Bonchev–Trinajstić information content (AvgIpc) is 2.68. The first kappa shape index (κ1) is 21.0. The molecule has 2 N–H and O–H groups in total. The minimum Gasteiger partial charge on any atom is -0.348 e. The van der Waals surface area contributed by atoms with Crippen LogP contribution in [0.2, 0.25) is 0 Å². The monoisotopic (exact) mass is 385 g/mol. The van der Waals surface area contributed by atoms with E-state index in [1.165, 1.54) is 0 Å². The minimum atomic E-state index is -0.419. The molecule has 0 aliphatic carbocycles. The van der Waals surface area contributed by atoms with E-state index in [0.717, 1.165) is 16.1 Å². The number of nitrogens with zero attached hydrogens (tertiary/aromatic N) is 1. The van der Waals surface area contributed by atoms with Crippen LogP contribution in [0.3, 0.4) is 0 Å². The maximum absolute atomic E-state index is 12.5. The second-order valence-corrected chi connectivity index (χ2v) is 7.33. The normalized spacial score (nSPS) is 13.1. The molecule has 0 spiro atoms. The highest BCUT2D eigenvalue weighted by Gasteiger charge is 2.22. The summed E-state index contributed by atoms with van der Waals surface area (Å²) in [7, 11) is 1.78. The molecule has 2 rings (SSSR count). The van der Waals surface area contributed by atoms with Crippen molar-refractivity contribution >= 4 is 29.3 Å². The molecule has 6 heteroatoms. The Kier molecular flexibility index (Phi) is 7.88. The van der Waals surface area contributed by atoms with Gasteiger partial charge >= 0.3 is 0 Å². The van der Waals surface area contributed by atoms with Crippen LogP contribution in [-0.4, -0.2) is 42.6 Å². The first-order valence-corrected chi connectivity index (χ1v) is 10.1. The van der Waals surface area contributed by atoms with Crippen molar-refractivity contribution in [2.24, 2.45) is 0 Å². The number of carbonyl (C=O) groups is 2. The van der Waals surface area contributed by atoms with Crippen LogP contribution >= 0.6 is 11.8 Å². The van der Waals surface area contributed by atoms with Crippen molar-refractivity contribution in [3.63, 3.8) is 0 Å². The number of rotatable bonds is 8. The van der Waals surface area contributed by atoms with E-state index in [1.54, 1.807) is 30.6 Å². The number of hydrogen-bond donors (Lipinski definition) is 2. The van der Waals surface area contributed by atoms with E-state index in [2.05, 4.69) is 10.6 Å². The number of benzene rings is 2. The third-order valence-corrected chi connectivity index (χ3v) is 5.27. The molecule has 5 nitrogen and oxygen atoms in total. The number of amides is 2. The lowest BCUT2D eigenvalue weighted by molar-refractivity contribution is -0.127. The number of para-hydroxylation sites is 1. The van der Waals surface area contributed by atoms with Crippen molar-refractivity contribution in [1.82, 2.24) is 10.2 Å². The first-order chi connectivity index (χ1) is 12.9. The summed E-state index contributed by atoms with van der Waals surface area (Å²) in [5.41, 5.74) is 1.84. The van der Waals surface area contributed by atoms with E-state index in [4.69, 9.17) is 0 Å². The van der Waals surface area contributed by atoms with Crippen molar-refractivity contribution < 1.29 is 9.59 Å². The topological polar surface area (TPSA) is 61.4 Å². The van der Waals surface area contributed by atoms with Gasteiger partial charge in [-0.15, -0.1) is 11.8 Å². The number of hydrogen-bond acceptors (Lipinski definition) is 4. The number of thioether (sulfide) groups is 1. The second kappa shape index (κ2) is 10.1. The molecule has 0 saturated heterocycles. The Balaban J connectivity index is 1.89. The van der Waals surface area contributed by atoms with Gasteiger partial charge in [0.2, 0.25) is 11.8 Å².